The number of fused-ring (bicyclic) bond motifs is 3. The number of furan rings is 1. The van der Waals surface area contributed by atoms with Crippen LogP contribution in [0, 0.1) is 6.92 Å². The molecule has 29 heavy (non-hydrogen) atoms. The molecular weight excluding hydrogens is 374 g/mol. The van der Waals surface area contributed by atoms with Gasteiger partial charge in [0.05, 0.1) is 25.0 Å². The first-order valence-electron chi connectivity index (χ1n) is 10.2. The molecule has 0 unspecified atom stereocenters. The molecule has 3 aromatic rings. The van der Waals surface area contributed by atoms with Crippen molar-refractivity contribution in [3.05, 3.63) is 34.6 Å². The molecule has 0 aliphatic carbocycles. The lowest BCUT2D eigenvalue weighted by Crippen LogP contribution is -2.38. The summed E-state index contributed by atoms with van der Waals surface area (Å²) in [6, 6.07) is 3.56. The maximum Gasteiger partial charge on any atom is 0.291 e. The van der Waals surface area contributed by atoms with Gasteiger partial charge in [0.15, 0.2) is 5.58 Å². The molecule has 4 rings (SSSR count). The average Bonchev–Trinajstić information content (AvgIpc) is 3.31. The molecule has 1 fully saturated rings. The number of morpholine rings is 1. The fourth-order valence-electron chi connectivity index (χ4n) is 3.81. The van der Waals surface area contributed by atoms with Crippen LogP contribution >= 0.6 is 0 Å². The first-order chi connectivity index (χ1) is 14.1. The minimum absolute atomic E-state index is 0.0121. The zero-order chi connectivity index (χ0) is 20.2. The third-order valence-corrected chi connectivity index (χ3v) is 5.32. The van der Waals surface area contributed by atoms with Gasteiger partial charge in [-0.25, -0.2) is 4.68 Å². The van der Waals surface area contributed by atoms with Gasteiger partial charge in [0, 0.05) is 44.7 Å². The largest absolute Gasteiger partial charge is 0.463 e. The fourth-order valence-corrected chi connectivity index (χ4v) is 3.81. The summed E-state index contributed by atoms with van der Waals surface area (Å²) in [4.78, 5) is 27.1. The molecule has 9 nitrogen and oxygen atoms in total. The molecule has 1 aliphatic rings. The summed E-state index contributed by atoms with van der Waals surface area (Å²) in [7, 11) is 0. The Morgan fingerprint density at radius 2 is 2.03 bits per heavy atom. The number of aryl methyl sites for hydroxylation is 2. The van der Waals surface area contributed by atoms with Crippen molar-refractivity contribution in [2.24, 2.45) is 0 Å². The summed E-state index contributed by atoms with van der Waals surface area (Å²) in [6.07, 6.45) is 3.47. The van der Waals surface area contributed by atoms with Crippen molar-refractivity contribution in [1.29, 1.82) is 0 Å². The van der Waals surface area contributed by atoms with Crippen molar-refractivity contribution >= 4 is 22.5 Å². The summed E-state index contributed by atoms with van der Waals surface area (Å²) in [5.41, 5.74) is 1.87. The second-order valence-electron chi connectivity index (χ2n) is 7.37. The van der Waals surface area contributed by atoms with E-state index in [-0.39, 0.29) is 11.5 Å². The Bertz CT molecular complexity index is 1040. The van der Waals surface area contributed by atoms with E-state index in [0.717, 1.165) is 44.8 Å². The Labute approximate surface area is 168 Å². The SMILES string of the molecule is Cc1nn(CCCC(=O)NCCCN2CCOCC2)c(=O)c2cc3occc3n12. The number of hydrogen-bond acceptors (Lipinski definition) is 6. The summed E-state index contributed by atoms with van der Waals surface area (Å²) in [5, 5.41) is 7.36. The van der Waals surface area contributed by atoms with Gasteiger partial charge in [0.2, 0.25) is 5.91 Å². The predicted molar refractivity (Wildman–Crippen MR) is 108 cm³/mol. The Hall–Kier alpha value is -2.65. The third-order valence-electron chi connectivity index (χ3n) is 5.32. The number of hydrogen-bond donors (Lipinski definition) is 1. The highest BCUT2D eigenvalue weighted by molar-refractivity contribution is 5.82. The summed E-state index contributed by atoms with van der Waals surface area (Å²) in [6.45, 7) is 7.42. The molecule has 1 saturated heterocycles. The molecule has 0 atom stereocenters. The minimum atomic E-state index is -0.173. The van der Waals surface area contributed by atoms with Crippen molar-refractivity contribution < 1.29 is 13.9 Å². The van der Waals surface area contributed by atoms with Crippen LogP contribution in [0.1, 0.15) is 25.1 Å². The van der Waals surface area contributed by atoms with E-state index in [1.165, 1.54) is 4.68 Å². The smallest absolute Gasteiger partial charge is 0.291 e. The molecule has 156 valence electrons. The third kappa shape index (κ3) is 4.35. The molecule has 1 aliphatic heterocycles. The molecular formula is C20H27N5O4. The van der Waals surface area contributed by atoms with Crippen molar-refractivity contribution in [3.63, 3.8) is 0 Å². The van der Waals surface area contributed by atoms with Crippen LogP contribution in [0.2, 0.25) is 0 Å². The Morgan fingerprint density at radius 3 is 2.86 bits per heavy atom. The number of carbonyl (C=O) groups is 1. The maximum absolute atomic E-state index is 12.7. The monoisotopic (exact) mass is 401 g/mol. The van der Waals surface area contributed by atoms with Crippen LogP contribution in [0.3, 0.4) is 0 Å². The molecule has 9 heteroatoms. The number of amides is 1. The van der Waals surface area contributed by atoms with E-state index >= 15 is 0 Å². The molecule has 0 spiro atoms. The second kappa shape index (κ2) is 8.79. The predicted octanol–water partition coefficient (Wildman–Crippen LogP) is 1.17. The highest BCUT2D eigenvalue weighted by atomic mass is 16.5. The zero-order valence-electron chi connectivity index (χ0n) is 16.7. The summed E-state index contributed by atoms with van der Waals surface area (Å²) in [5.74, 6) is 0.724. The molecule has 0 bridgehead atoms. The molecule has 4 heterocycles. The zero-order valence-corrected chi connectivity index (χ0v) is 16.7. The van der Waals surface area contributed by atoms with Gasteiger partial charge in [0.25, 0.3) is 5.56 Å². The van der Waals surface area contributed by atoms with Crippen LogP contribution in [0.25, 0.3) is 16.6 Å². The van der Waals surface area contributed by atoms with Crippen LogP contribution < -0.4 is 10.9 Å². The lowest BCUT2D eigenvalue weighted by molar-refractivity contribution is -0.121. The van der Waals surface area contributed by atoms with E-state index in [1.54, 1.807) is 16.7 Å². The van der Waals surface area contributed by atoms with E-state index in [4.69, 9.17) is 9.15 Å². The summed E-state index contributed by atoms with van der Waals surface area (Å²) >= 11 is 0. The number of rotatable bonds is 8. The van der Waals surface area contributed by atoms with Crippen LogP contribution in [0.5, 0.6) is 0 Å². The quantitative estimate of drug-likeness (QED) is 0.570. The highest BCUT2D eigenvalue weighted by Gasteiger charge is 2.14. The fraction of sp³-hybridized carbons (Fsp3) is 0.550. The second-order valence-corrected chi connectivity index (χ2v) is 7.37. The number of ether oxygens (including phenoxy) is 1. The Morgan fingerprint density at radius 1 is 1.21 bits per heavy atom. The Balaban J connectivity index is 1.25. The lowest BCUT2D eigenvalue weighted by atomic mass is 10.3. The van der Waals surface area contributed by atoms with Crippen LogP contribution in [-0.4, -0.2) is 64.4 Å². The van der Waals surface area contributed by atoms with E-state index in [1.807, 2.05) is 13.0 Å². The summed E-state index contributed by atoms with van der Waals surface area (Å²) < 4.78 is 14.0. The topological polar surface area (TPSA) is 94.0 Å². The standard InChI is InChI=1S/C20H27N5O4/c1-15-22-24(20(27)17-14-18-16(25(15)17)5-11-29-18)8-2-4-19(26)21-6-3-7-23-9-12-28-13-10-23/h5,11,14H,2-4,6-10,12-13H2,1H3,(H,21,26). The number of nitrogens with zero attached hydrogens (tertiary/aromatic N) is 4. The maximum atomic E-state index is 12.7. The molecule has 0 saturated carbocycles. The van der Waals surface area contributed by atoms with Gasteiger partial charge < -0.3 is 14.5 Å². The van der Waals surface area contributed by atoms with E-state index in [0.29, 0.717) is 42.9 Å². The molecule has 3 aromatic heterocycles. The van der Waals surface area contributed by atoms with E-state index in [2.05, 4.69) is 15.3 Å². The van der Waals surface area contributed by atoms with Crippen LogP contribution in [0.4, 0.5) is 0 Å². The van der Waals surface area contributed by atoms with Crippen molar-refractivity contribution in [3.8, 4) is 0 Å². The van der Waals surface area contributed by atoms with Gasteiger partial charge in [-0.1, -0.05) is 0 Å². The highest BCUT2D eigenvalue weighted by Crippen LogP contribution is 2.19. The van der Waals surface area contributed by atoms with Gasteiger partial charge in [-0.05, 0) is 26.3 Å². The molecule has 0 radical (unpaired) electrons. The van der Waals surface area contributed by atoms with Gasteiger partial charge in [-0.3, -0.25) is 18.9 Å². The van der Waals surface area contributed by atoms with Gasteiger partial charge >= 0.3 is 0 Å². The first kappa shape index (κ1) is 19.7. The van der Waals surface area contributed by atoms with Crippen molar-refractivity contribution in [2.45, 2.75) is 32.7 Å². The first-order valence-corrected chi connectivity index (χ1v) is 10.2. The lowest BCUT2D eigenvalue weighted by Gasteiger charge is -2.26. The number of nitrogens with one attached hydrogen (secondary N) is 1. The van der Waals surface area contributed by atoms with Crippen molar-refractivity contribution in [1.82, 2.24) is 24.4 Å². The van der Waals surface area contributed by atoms with E-state index < -0.39 is 0 Å². The van der Waals surface area contributed by atoms with Crippen molar-refractivity contribution in [2.75, 3.05) is 39.4 Å². The molecule has 1 N–H and O–H groups in total. The van der Waals surface area contributed by atoms with Gasteiger partial charge in [-0.15, -0.1) is 0 Å². The van der Waals surface area contributed by atoms with Crippen LogP contribution in [0.15, 0.2) is 27.6 Å². The molecule has 0 aromatic carbocycles. The number of carbonyl (C=O) groups excluding carboxylic acids is 1. The van der Waals surface area contributed by atoms with Gasteiger partial charge in [0.1, 0.15) is 11.3 Å². The normalized spacial score (nSPS) is 15.3. The number of aromatic nitrogens is 3. The van der Waals surface area contributed by atoms with E-state index in [9.17, 15) is 9.59 Å². The Kier molecular flexibility index (Phi) is 5.96. The average molecular weight is 401 g/mol. The molecule has 1 amide bonds. The minimum Gasteiger partial charge on any atom is -0.463 e. The van der Waals surface area contributed by atoms with Crippen LogP contribution in [-0.2, 0) is 16.1 Å². The van der Waals surface area contributed by atoms with Gasteiger partial charge in [-0.2, -0.15) is 5.10 Å².